The first-order chi connectivity index (χ1) is 15.6. The van der Waals surface area contributed by atoms with Gasteiger partial charge in [-0.2, -0.15) is 0 Å². The second-order valence-electron chi connectivity index (χ2n) is 7.10. The van der Waals surface area contributed by atoms with Crippen LogP contribution < -0.4 is 14.8 Å². The van der Waals surface area contributed by atoms with Crippen LogP contribution in [0.3, 0.4) is 0 Å². The lowest BCUT2D eigenvalue weighted by Gasteiger charge is -2.20. The number of rotatable bonds is 7. The van der Waals surface area contributed by atoms with Gasteiger partial charge in [0.2, 0.25) is 5.91 Å². The number of amides is 1. The Hall–Kier alpha value is -4.20. The summed E-state index contributed by atoms with van der Waals surface area (Å²) in [5.74, 6) is 1.62. The van der Waals surface area contributed by atoms with Crippen molar-refractivity contribution in [1.29, 1.82) is 0 Å². The Kier molecular flexibility index (Phi) is 6.12. The number of imidazole rings is 1. The molecule has 2 aromatic carbocycles. The third-order valence-corrected chi connectivity index (χ3v) is 4.98. The number of hydrogen-bond acceptors (Lipinski definition) is 6. The smallest absolute Gasteiger partial charge is 0.244 e. The molecule has 4 rings (SSSR count). The first-order valence-electron chi connectivity index (χ1n) is 9.98. The normalized spacial score (nSPS) is 12.1. The van der Waals surface area contributed by atoms with Gasteiger partial charge in [0.25, 0.3) is 0 Å². The Morgan fingerprint density at radius 3 is 2.44 bits per heavy atom. The summed E-state index contributed by atoms with van der Waals surface area (Å²) < 4.78 is 12.6. The van der Waals surface area contributed by atoms with E-state index >= 15 is 0 Å². The number of fused-ring (bicyclic) bond motifs is 1. The van der Waals surface area contributed by atoms with Crippen LogP contribution in [-0.4, -0.2) is 39.6 Å². The zero-order valence-corrected chi connectivity index (χ0v) is 18.0. The molecule has 1 N–H and O–H groups in total. The van der Waals surface area contributed by atoms with E-state index in [-0.39, 0.29) is 5.91 Å². The maximum absolute atomic E-state index is 12.8. The minimum atomic E-state index is -0.515. The quantitative estimate of drug-likeness (QED) is 0.453. The monoisotopic (exact) mass is 429 g/mol. The van der Waals surface area contributed by atoms with Gasteiger partial charge in [-0.3, -0.25) is 9.78 Å². The minimum absolute atomic E-state index is 0.297. The summed E-state index contributed by atoms with van der Waals surface area (Å²) in [6.07, 6.45) is 8.22. The van der Waals surface area contributed by atoms with E-state index in [2.05, 4.69) is 20.3 Å². The van der Waals surface area contributed by atoms with Gasteiger partial charge >= 0.3 is 0 Å². The molecular weight excluding hydrogens is 406 g/mol. The predicted molar refractivity (Wildman–Crippen MR) is 121 cm³/mol. The van der Waals surface area contributed by atoms with Crippen molar-refractivity contribution in [3.63, 3.8) is 0 Å². The summed E-state index contributed by atoms with van der Waals surface area (Å²) in [6.45, 7) is 0. The molecule has 2 heterocycles. The molecule has 0 saturated heterocycles. The highest BCUT2D eigenvalue weighted by atomic mass is 16.5. The molecule has 0 aliphatic heterocycles. The lowest BCUT2D eigenvalue weighted by Crippen LogP contribution is -2.29. The van der Waals surface area contributed by atoms with E-state index in [4.69, 9.17) is 9.47 Å². The van der Waals surface area contributed by atoms with Gasteiger partial charge in [0, 0.05) is 31.6 Å². The van der Waals surface area contributed by atoms with Crippen LogP contribution in [0.4, 0.5) is 0 Å². The fraction of sp³-hybridized carbons (Fsp3) is 0.167. The molecule has 0 radical (unpaired) electrons. The van der Waals surface area contributed by atoms with Gasteiger partial charge in [0.05, 0.1) is 37.1 Å². The highest BCUT2D eigenvalue weighted by Crippen LogP contribution is 2.29. The molecule has 1 unspecified atom stereocenters. The number of nitrogens with one attached hydrogen (secondary N) is 1. The lowest BCUT2D eigenvalue weighted by molar-refractivity contribution is -0.117. The highest BCUT2D eigenvalue weighted by molar-refractivity contribution is 5.92. The van der Waals surface area contributed by atoms with Crippen LogP contribution in [0.2, 0.25) is 0 Å². The van der Waals surface area contributed by atoms with E-state index in [0.717, 1.165) is 16.6 Å². The lowest BCUT2D eigenvalue weighted by atomic mass is 10.0. The van der Waals surface area contributed by atoms with Crippen molar-refractivity contribution in [2.24, 2.45) is 7.05 Å². The van der Waals surface area contributed by atoms with Crippen LogP contribution in [0.1, 0.15) is 23.1 Å². The van der Waals surface area contributed by atoms with E-state index in [1.165, 1.54) is 6.08 Å². The van der Waals surface area contributed by atoms with Crippen molar-refractivity contribution in [1.82, 2.24) is 24.8 Å². The van der Waals surface area contributed by atoms with Gasteiger partial charge in [-0.05, 0) is 35.9 Å². The van der Waals surface area contributed by atoms with Crippen molar-refractivity contribution in [2.75, 3.05) is 14.2 Å². The highest BCUT2D eigenvalue weighted by Gasteiger charge is 2.21. The summed E-state index contributed by atoms with van der Waals surface area (Å²) in [7, 11) is 5.04. The average Bonchev–Trinajstić information content (AvgIpc) is 3.26. The van der Waals surface area contributed by atoms with Crippen LogP contribution in [0.5, 0.6) is 11.5 Å². The number of hydrogen-bond donors (Lipinski definition) is 1. The van der Waals surface area contributed by atoms with Gasteiger partial charge in [-0.1, -0.05) is 12.1 Å². The number of para-hydroxylation sites is 2. The number of aryl methyl sites for hydroxylation is 1. The molecule has 4 aromatic rings. The van der Waals surface area contributed by atoms with Gasteiger partial charge in [0.1, 0.15) is 23.4 Å². The van der Waals surface area contributed by atoms with Gasteiger partial charge < -0.3 is 19.4 Å². The standard InChI is InChI=1S/C24H23N5O3/c1-29-11-10-25-24(29)23(16-12-18(31-2)14-19(13-16)32-3)28-22(30)9-8-17-15-26-20-6-4-5-7-21(20)27-17/h4-15,23H,1-3H3,(H,28,30)/b9-8+. The zero-order valence-electron chi connectivity index (χ0n) is 18.0. The zero-order chi connectivity index (χ0) is 22.5. The summed E-state index contributed by atoms with van der Waals surface area (Å²) in [5, 5.41) is 3.02. The SMILES string of the molecule is COc1cc(OC)cc(C(NC(=O)/C=C/c2cnc3ccccc3n2)c2nccn2C)c1. The van der Waals surface area contributed by atoms with E-state index in [0.29, 0.717) is 23.0 Å². The molecule has 8 heteroatoms. The van der Waals surface area contributed by atoms with Gasteiger partial charge in [0.15, 0.2) is 0 Å². The Labute approximate surface area is 185 Å². The van der Waals surface area contributed by atoms with Gasteiger partial charge in [-0.15, -0.1) is 0 Å². The van der Waals surface area contributed by atoms with Crippen LogP contribution in [-0.2, 0) is 11.8 Å². The van der Waals surface area contributed by atoms with Crippen molar-refractivity contribution < 1.29 is 14.3 Å². The number of aromatic nitrogens is 4. The molecular formula is C24H23N5O3. The van der Waals surface area contributed by atoms with Crippen molar-refractivity contribution in [3.8, 4) is 11.5 Å². The third kappa shape index (κ3) is 4.59. The number of ether oxygens (including phenoxy) is 2. The Morgan fingerprint density at radius 1 is 1.06 bits per heavy atom. The molecule has 162 valence electrons. The number of benzene rings is 2. The molecule has 0 fully saturated rings. The minimum Gasteiger partial charge on any atom is -0.497 e. The molecule has 0 spiro atoms. The summed E-state index contributed by atoms with van der Waals surface area (Å²) in [5.41, 5.74) is 2.94. The van der Waals surface area contributed by atoms with Gasteiger partial charge in [-0.25, -0.2) is 9.97 Å². The second kappa shape index (κ2) is 9.30. The third-order valence-electron chi connectivity index (χ3n) is 4.98. The molecule has 0 saturated carbocycles. The predicted octanol–water partition coefficient (Wildman–Crippen LogP) is 3.30. The van der Waals surface area contributed by atoms with Crippen LogP contribution in [0.25, 0.3) is 17.1 Å². The molecule has 2 aromatic heterocycles. The van der Waals surface area contributed by atoms with Crippen molar-refractivity contribution >= 4 is 23.0 Å². The van der Waals surface area contributed by atoms with Crippen LogP contribution >= 0.6 is 0 Å². The van der Waals surface area contributed by atoms with E-state index in [1.807, 2.05) is 54.2 Å². The van der Waals surface area contributed by atoms with Crippen molar-refractivity contribution in [3.05, 3.63) is 84.2 Å². The Bertz CT molecular complexity index is 1260. The summed E-state index contributed by atoms with van der Waals surface area (Å²) in [4.78, 5) is 26.1. The number of methoxy groups -OCH3 is 2. The molecule has 0 aliphatic rings. The maximum Gasteiger partial charge on any atom is 0.244 e. The summed E-state index contributed by atoms with van der Waals surface area (Å²) in [6, 6.07) is 12.5. The van der Waals surface area contributed by atoms with Crippen molar-refractivity contribution in [2.45, 2.75) is 6.04 Å². The fourth-order valence-corrected chi connectivity index (χ4v) is 3.35. The van der Waals surface area contributed by atoms with E-state index in [1.54, 1.807) is 38.8 Å². The molecule has 0 aliphatic carbocycles. The number of carbonyl (C=O) groups excluding carboxylic acids is 1. The Morgan fingerprint density at radius 2 is 1.78 bits per heavy atom. The number of carbonyl (C=O) groups is 1. The molecule has 32 heavy (non-hydrogen) atoms. The largest absolute Gasteiger partial charge is 0.497 e. The summed E-state index contributed by atoms with van der Waals surface area (Å²) >= 11 is 0. The van der Waals surface area contributed by atoms with E-state index < -0.39 is 6.04 Å². The molecule has 8 nitrogen and oxygen atoms in total. The van der Waals surface area contributed by atoms with Crippen LogP contribution in [0.15, 0.2) is 67.1 Å². The maximum atomic E-state index is 12.8. The topological polar surface area (TPSA) is 91.2 Å². The first kappa shape index (κ1) is 21.0. The molecule has 0 bridgehead atoms. The molecule has 1 amide bonds. The fourth-order valence-electron chi connectivity index (χ4n) is 3.35. The van der Waals surface area contributed by atoms with E-state index in [9.17, 15) is 4.79 Å². The second-order valence-corrected chi connectivity index (χ2v) is 7.10. The first-order valence-corrected chi connectivity index (χ1v) is 9.98. The molecule has 1 atom stereocenters. The Balaban J connectivity index is 1.61. The van der Waals surface area contributed by atoms with Crippen LogP contribution in [0, 0.1) is 0 Å². The average molecular weight is 429 g/mol. The number of nitrogens with zero attached hydrogens (tertiary/aromatic N) is 4.